The van der Waals surface area contributed by atoms with Crippen molar-refractivity contribution in [2.45, 2.75) is 6.54 Å². The Kier molecular flexibility index (Phi) is 3.17. The number of hydrogen-bond acceptors (Lipinski definition) is 5. The van der Waals surface area contributed by atoms with E-state index in [1.807, 2.05) is 5.38 Å². The van der Waals surface area contributed by atoms with E-state index in [9.17, 15) is 0 Å². The van der Waals surface area contributed by atoms with E-state index >= 15 is 0 Å². The highest BCUT2D eigenvalue weighted by Gasteiger charge is 1.99. The van der Waals surface area contributed by atoms with Gasteiger partial charge in [0.05, 0.1) is 24.6 Å². The second kappa shape index (κ2) is 4.59. The Labute approximate surface area is 99.7 Å². The van der Waals surface area contributed by atoms with E-state index in [4.69, 9.17) is 5.73 Å². The van der Waals surface area contributed by atoms with Crippen molar-refractivity contribution < 1.29 is 0 Å². The van der Waals surface area contributed by atoms with Crippen LogP contribution in [0.4, 0.5) is 11.6 Å². The Hall–Kier alpha value is -1.14. The van der Waals surface area contributed by atoms with E-state index in [-0.39, 0.29) is 0 Å². The molecule has 0 atom stereocenters. The molecular weight excluding hydrogens is 276 g/mol. The first kappa shape index (κ1) is 10.4. The molecule has 0 spiro atoms. The quantitative estimate of drug-likeness (QED) is 0.909. The van der Waals surface area contributed by atoms with E-state index in [2.05, 4.69) is 37.3 Å². The zero-order valence-corrected chi connectivity index (χ0v) is 10.2. The zero-order chi connectivity index (χ0) is 10.7. The number of anilines is 2. The van der Waals surface area contributed by atoms with Crippen LogP contribution in [-0.4, -0.2) is 9.97 Å². The largest absolute Gasteiger partial charge is 0.396 e. The number of halogens is 1. The first-order valence-corrected chi connectivity index (χ1v) is 5.95. The van der Waals surface area contributed by atoms with Crippen LogP contribution in [0.2, 0.25) is 0 Å². The number of hydrogen-bond donors (Lipinski definition) is 2. The fraction of sp³-hybridized carbons (Fsp3) is 0.111. The van der Waals surface area contributed by atoms with Crippen LogP contribution >= 0.6 is 27.3 Å². The predicted molar refractivity (Wildman–Crippen MR) is 65.8 cm³/mol. The average molecular weight is 285 g/mol. The van der Waals surface area contributed by atoms with Gasteiger partial charge in [0.15, 0.2) is 0 Å². The molecule has 0 saturated heterocycles. The molecular formula is C9H9BrN4S. The third kappa shape index (κ3) is 2.90. The van der Waals surface area contributed by atoms with Gasteiger partial charge in [0.25, 0.3) is 0 Å². The lowest BCUT2D eigenvalue weighted by Crippen LogP contribution is -2.02. The van der Waals surface area contributed by atoms with Gasteiger partial charge in [-0.1, -0.05) is 0 Å². The van der Waals surface area contributed by atoms with E-state index in [1.54, 1.807) is 23.7 Å². The Morgan fingerprint density at radius 2 is 2.13 bits per heavy atom. The van der Waals surface area contributed by atoms with Gasteiger partial charge in [0.1, 0.15) is 0 Å². The van der Waals surface area contributed by atoms with E-state index in [0.717, 1.165) is 11.0 Å². The molecule has 2 aromatic rings. The number of nitrogen functional groups attached to an aromatic ring is 1. The van der Waals surface area contributed by atoms with Gasteiger partial charge < -0.3 is 11.1 Å². The maximum absolute atomic E-state index is 5.48. The topological polar surface area (TPSA) is 63.8 Å². The Morgan fingerprint density at radius 3 is 2.73 bits per heavy atom. The van der Waals surface area contributed by atoms with E-state index < -0.39 is 0 Å². The summed E-state index contributed by atoms with van der Waals surface area (Å²) < 4.78 is 1.10. The van der Waals surface area contributed by atoms with Crippen molar-refractivity contribution in [3.63, 3.8) is 0 Å². The van der Waals surface area contributed by atoms with Crippen LogP contribution in [0.5, 0.6) is 0 Å². The van der Waals surface area contributed by atoms with E-state index in [0.29, 0.717) is 11.6 Å². The first-order chi connectivity index (χ1) is 7.24. The van der Waals surface area contributed by atoms with Gasteiger partial charge in [-0.15, -0.1) is 11.3 Å². The summed E-state index contributed by atoms with van der Waals surface area (Å²) in [6, 6.07) is 2.06. The first-order valence-electron chi connectivity index (χ1n) is 4.28. The lowest BCUT2D eigenvalue weighted by molar-refractivity contribution is 1.07. The maximum Gasteiger partial charge on any atom is 0.223 e. The van der Waals surface area contributed by atoms with Crippen molar-refractivity contribution in [3.8, 4) is 0 Å². The van der Waals surface area contributed by atoms with Crippen molar-refractivity contribution in [1.82, 2.24) is 9.97 Å². The van der Waals surface area contributed by atoms with Crippen LogP contribution in [-0.2, 0) is 6.54 Å². The van der Waals surface area contributed by atoms with Gasteiger partial charge in [-0.25, -0.2) is 9.97 Å². The molecule has 15 heavy (non-hydrogen) atoms. The summed E-state index contributed by atoms with van der Waals surface area (Å²) in [5.41, 5.74) is 6.05. The molecule has 0 amide bonds. The van der Waals surface area contributed by atoms with Crippen molar-refractivity contribution in [1.29, 1.82) is 0 Å². The molecule has 0 radical (unpaired) electrons. The molecule has 6 heteroatoms. The molecule has 0 fully saturated rings. The van der Waals surface area contributed by atoms with Crippen molar-refractivity contribution in [2.24, 2.45) is 0 Å². The van der Waals surface area contributed by atoms with Crippen LogP contribution in [0.3, 0.4) is 0 Å². The number of nitrogens with one attached hydrogen (secondary N) is 1. The van der Waals surface area contributed by atoms with E-state index in [1.165, 1.54) is 4.88 Å². The second-order valence-electron chi connectivity index (χ2n) is 2.92. The number of nitrogens with two attached hydrogens (primary N) is 1. The summed E-state index contributed by atoms with van der Waals surface area (Å²) in [6.07, 6.45) is 3.17. The summed E-state index contributed by atoms with van der Waals surface area (Å²) >= 11 is 5.09. The fourth-order valence-electron chi connectivity index (χ4n) is 1.04. The van der Waals surface area contributed by atoms with Gasteiger partial charge in [-0.2, -0.15) is 0 Å². The highest BCUT2D eigenvalue weighted by Crippen LogP contribution is 2.20. The van der Waals surface area contributed by atoms with Crippen molar-refractivity contribution >= 4 is 38.9 Å². The lowest BCUT2D eigenvalue weighted by Gasteiger charge is -2.01. The van der Waals surface area contributed by atoms with Crippen molar-refractivity contribution in [2.75, 3.05) is 11.1 Å². The second-order valence-corrected chi connectivity index (χ2v) is 4.84. The van der Waals surface area contributed by atoms with Gasteiger partial charge in [0.2, 0.25) is 5.95 Å². The highest BCUT2D eigenvalue weighted by molar-refractivity contribution is 9.10. The number of aromatic nitrogens is 2. The normalized spacial score (nSPS) is 10.2. The molecule has 2 aromatic heterocycles. The molecule has 2 rings (SSSR count). The van der Waals surface area contributed by atoms with Crippen LogP contribution in [0.15, 0.2) is 28.3 Å². The molecule has 2 heterocycles. The third-order valence-electron chi connectivity index (χ3n) is 1.71. The van der Waals surface area contributed by atoms with Crippen LogP contribution in [0.25, 0.3) is 0 Å². The predicted octanol–water partition coefficient (Wildman–Crippen LogP) is 2.49. The lowest BCUT2D eigenvalue weighted by atomic mass is 10.5. The van der Waals surface area contributed by atoms with Crippen LogP contribution < -0.4 is 11.1 Å². The summed E-state index contributed by atoms with van der Waals surface area (Å²) in [7, 11) is 0. The molecule has 0 saturated carbocycles. The van der Waals surface area contributed by atoms with Crippen molar-refractivity contribution in [3.05, 3.63) is 33.2 Å². The van der Waals surface area contributed by atoms with Gasteiger partial charge >= 0.3 is 0 Å². The molecule has 0 aliphatic heterocycles. The Morgan fingerprint density at radius 1 is 1.40 bits per heavy atom. The minimum atomic E-state index is 0.569. The zero-order valence-electron chi connectivity index (χ0n) is 7.77. The van der Waals surface area contributed by atoms with Gasteiger partial charge in [-0.05, 0) is 22.0 Å². The molecule has 3 N–H and O–H groups in total. The molecule has 0 aliphatic rings. The summed E-state index contributed by atoms with van der Waals surface area (Å²) in [5, 5.41) is 5.16. The number of rotatable bonds is 3. The fourth-order valence-corrected chi connectivity index (χ4v) is 2.43. The third-order valence-corrected chi connectivity index (χ3v) is 3.41. The minimum absolute atomic E-state index is 0.569. The van der Waals surface area contributed by atoms with Crippen LogP contribution in [0, 0.1) is 0 Å². The SMILES string of the molecule is Nc1cnc(NCc2cc(Br)cs2)nc1. The average Bonchev–Trinajstić information content (AvgIpc) is 2.64. The summed E-state index contributed by atoms with van der Waals surface area (Å²) in [4.78, 5) is 9.32. The summed E-state index contributed by atoms with van der Waals surface area (Å²) in [5.74, 6) is 0.591. The van der Waals surface area contributed by atoms with Gasteiger partial charge in [0, 0.05) is 14.7 Å². The maximum atomic E-state index is 5.48. The van der Waals surface area contributed by atoms with Crippen LogP contribution in [0.1, 0.15) is 4.88 Å². The monoisotopic (exact) mass is 284 g/mol. The molecule has 78 valence electrons. The number of nitrogens with zero attached hydrogens (tertiary/aromatic N) is 2. The highest BCUT2D eigenvalue weighted by atomic mass is 79.9. The summed E-state index contributed by atoms with van der Waals surface area (Å²) in [6.45, 7) is 0.722. The number of thiophene rings is 1. The molecule has 4 nitrogen and oxygen atoms in total. The minimum Gasteiger partial charge on any atom is -0.396 e. The molecule has 0 bridgehead atoms. The smallest absolute Gasteiger partial charge is 0.223 e. The Balaban J connectivity index is 1.96. The molecule has 0 aliphatic carbocycles. The molecule has 0 aromatic carbocycles. The van der Waals surface area contributed by atoms with Gasteiger partial charge in [-0.3, -0.25) is 0 Å². The Bertz CT molecular complexity index is 440. The molecule has 0 unspecified atom stereocenters. The standard InChI is InChI=1S/C9H9BrN4S/c10-6-1-8(15-5-6)4-14-9-12-2-7(11)3-13-9/h1-3,5H,4,11H2,(H,12,13,14).